The van der Waals surface area contributed by atoms with Crippen LogP contribution in [0.25, 0.3) is 16.9 Å². The lowest BCUT2D eigenvalue weighted by Crippen LogP contribution is -2.32. The molecule has 0 aliphatic rings. The van der Waals surface area contributed by atoms with Crippen molar-refractivity contribution in [3.05, 3.63) is 66.1 Å². The molecule has 4 rings (SSSR count). The average molecular weight is 488 g/mol. The van der Waals surface area contributed by atoms with Crippen molar-refractivity contribution in [3.8, 4) is 22.9 Å². The fourth-order valence-electron chi connectivity index (χ4n) is 3.75. The molecule has 188 valence electrons. The van der Waals surface area contributed by atoms with Crippen LogP contribution in [0.2, 0.25) is 0 Å². The predicted molar refractivity (Wildman–Crippen MR) is 142 cm³/mol. The van der Waals surface area contributed by atoms with E-state index < -0.39 is 0 Å². The first kappa shape index (κ1) is 25.1. The van der Waals surface area contributed by atoms with Gasteiger partial charge in [-0.25, -0.2) is 9.50 Å². The Hall–Kier alpha value is -3.98. The van der Waals surface area contributed by atoms with E-state index in [9.17, 15) is 4.79 Å². The summed E-state index contributed by atoms with van der Waals surface area (Å²) in [5.74, 6) is 0.949. The number of rotatable bonds is 10. The van der Waals surface area contributed by atoms with Gasteiger partial charge in [-0.15, -0.1) is 5.10 Å². The fourth-order valence-corrected chi connectivity index (χ4v) is 3.75. The van der Waals surface area contributed by atoms with Gasteiger partial charge in [-0.05, 0) is 64.2 Å². The summed E-state index contributed by atoms with van der Waals surface area (Å²) < 4.78 is 7.79. The van der Waals surface area contributed by atoms with Crippen LogP contribution in [0, 0.1) is 6.92 Å². The van der Waals surface area contributed by atoms with Crippen molar-refractivity contribution in [2.75, 3.05) is 32.5 Å². The first-order valence-corrected chi connectivity index (χ1v) is 12.1. The molecule has 0 saturated carbocycles. The third kappa shape index (κ3) is 5.80. The van der Waals surface area contributed by atoms with E-state index in [-0.39, 0.29) is 11.9 Å². The molecule has 1 amide bonds. The summed E-state index contributed by atoms with van der Waals surface area (Å²) in [5, 5.41) is 11.2. The SMILES string of the molecule is CCC(C)NC(=O)c1ccc(-c2cnc3c(NCCN(C)C)cc(Oc4cccnc4)nn23)cc1C. The number of hydrogen-bond acceptors (Lipinski definition) is 7. The van der Waals surface area contributed by atoms with Crippen LogP contribution in [0.15, 0.2) is 55.0 Å². The Morgan fingerprint density at radius 3 is 2.72 bits per heavy atom. The number of carbonyl (C=O) groups is 1. The molecular formula is C27H33N7O2. The Morgan fingerprint density at radius 2 is 2.03 bits per heavy atom. The van der Waals surface area contributed by atoms with Gasteiger partial charge in [0.2, 0.25) is 5.88 Å². The molecule has 36 heavy (non-hydrogen) atoms. The zero-order valence-corrected chi connectivity index (χ0v) is 21.4. The molecule has 0 fully saturated rings. The number of anilines is 1. The standard InChI is InChI=1S/C27H33N7O2/c1-6-19(3)31-27(35)22-10-9-20(14-18(22)2)24-17-30-26-23(29-12-13-33(4)5)15-25(32-34(24)26)36-21-8-7-11-28-16-21/h7-11,14-17,19,29H,6,12-13H2,1-5H3,(H,31,35). The fraction of sp³-hybridized carbons (Fsp3) is 0.333. The Labute approximate surface area is 211 Å². The molecular weight excluding hydrogens is 454 g/mol. The van der Waals surface area contributed by atoms with Crippen molar-refractivity contribution in [2.24, 2.45) is 0 Å². The lowest BCUT2D eigenvalue weighted by molar-refractivity contribution is 0.0938. The highest BCUT2D eigenvalue weighted by Gasteiger charge is 2.17. The number of aryl methyl sites for hydroxylation is 1. The van der Waals surface area contributed by atoms with Crippen molar-refractivity contribution in [3.63, 3.8) is 0 Å². The van der Waals surface area contributed by atoms with Gasteiger partial charge in [-0.1, -0.05) is 13.0 Å². The lowest BCUT2D eigenvalue weighted by Gasteiger charge is -2.14. The quantitative estimate of drug-likeness (QED) is 0.342. The molecule has 0 aliphatic carbocycles. The second kappa shape index (κ2) is 11.2. The van der Waals surface area contributed by atoms with Crippen LogP contribution in [0.5, 0.6) is 11.6 Å². The molecule has 3 heterocycles. The predicted octanol–water partition coefficient (Wildman–Crippen LogP) is 4.39. The minimum atomic E-state index is -0.0656. The minimum absolute atomic E-state index is 0.0656. The van der Waals surface area contributed by atoms with Crippen LogP contribution in [-0.2, 0) is 0 Å². The summed E-state index contributed by atoms with van der Waals surface area (Å²) in [6, 6.07) is 11.4. The van der Waals surface area contributed by atoms with Crippen LogP contribution in [0.1, 0.15) is 36.2 Å². The molecule has 4 aromatic rings. The maximum Gasteiger partial charge on any atom is 0.251 e. The van der Waals surface area contributed by atoms with E-state index in [4.69, 9.17) is 9.84 Å². The lowest BCUT2D eigenvalue weighted by atomic mass is 10.0. The van der Waals surface area contributed by atoms with E-state index in [2.05, 4.69) is 32.4 Å². The Balaban J connectivity index is 1.71. The van der Waals surface area contributed by atoms with Crippen LogP contribution in [0.4, 0.5) is 5.69 Å². The van der Waals surface area contributed by atoms with E-state index in [1.54, 1.807) is 23.1 Å². The third-order valence-corrected chi connectivity index (χ3v) is 5.93. The molecule has 1 unspecified atom stereocenters. The Kier molecular flexibility index (Phi) is 7.80. The van der Waals surface area contributed by atoms with E-state index in [0.29, 0.717) is 22.8 Å². The number of fused-ring (bicyclic) bond motifs is 1. The van der Waals surface area contributed by atoms with E-state index in [0.717, 1.165) is 42.0 Å². The van der Waals surface area contributed by atoms with Crippen LogP contribution < -0.4 is 15.4 Å². The highest BCUT2D eigenvalue weighted by molar-refractivity contribution is 5.96. The number of ether oxygens (including phenoxy) is 1. The second-order valence-corrected chi connectivity index (χ2v) is 9.11. The van der Waals surface area contributed by atoms with E-state index in [1.807, 2.05) is 64.3 Å². The summed E-state index contributed by atoms with van der Waals surface area (Å²) in [4.78, 5) is 23.6. The van der Waals surface area contributed by atoms with Crippen molar-refractivity contribution >= 4 is 17.2 Å². The summed E-state index contributed by atoms with van der Waals surface area (Å²) in [6.45, 7) is 7.59. The zero-order valence-electron chi connectivity index (χ0n) is 21.4. The second-order valence-electron chi connectivity index (χ2n) is 9.11. The number of pyridine rings is 1. The molecule has 9 nitrogen and oxygen atoms in total. The molecule has 0 radical (unpaired) electrons. The van der Waals surface area contributed by atoms with Crippen molar-refractivity contribution in [2.45, 2.75) is 33.2 Å². The number of amides is 1. The molecule has 2 N–H and O–H groups in total. The number of likely N-dealkylation sites (N-methyl/N-ethyl adjacent to an activating group) is 1. The number of benzene rings is 1. The van der Waals surface area contributed by atoms with Crippen molar-refractivity contribution < 1.29 is 9.53 Å². The number of carbonyl (C=O) groups excluding carboxylic acids is 1. The summed E-state index contributed by atoms with van der Waals surface area (Å²) >= 11 is 0. The first-order chi connectivity index (χ1) is 17.4. The number of nitrogens with zero attached hydrogens (tertiary/aromatic N) is 5. The van der Waals surface area contributed by atoms with Crippen molar-refractivity contribution in [1.29, 1.82) is 0 Å². The molecule has 3 aromatic heterocycles. The van der Waals surface area contributed by atoms with Crippen molar-refractivity contribution in [1.82, 2.24) is 29.8 Å². The number of imidazole rings is 1. The summed E-state index contributed by atoms with van der Waals surface area (Å²) in [5.41, 5.74) is 4.76. The number of aromatic nitrogens is 4. The molecule has 0 bridgehead atoms. The first-order valence-electron chi connectivity index (χ1n) is 12.1. The van der Waals surface area contributed by atoms with Gasteiger partial charge in [0.25, 0.3) is 5.91 Å². The van der Waals surface area contributed by atoms with Gasteiger partial charge in [-0.3, -0.25) is 9.78 Å². The van der Waals surface area contributed by atoms with Gasteiger partial charge >= 0.3 is 0 Å². The molecule has 0 spiro atoms. The Bertz CT molecular complexity index is 1330. The van der Waals surface area contributed by atoms with Gasteiger partial charge in [-0.2, -0.15) is 0 Å². The largest absolute Gasteiger partial charge is 0.436 e. The van der Waals surface area contributed by atoms with Gasteiger partial charge in [0.15, 0.2) is 5.65 Å². The summed E-state index contributed by atoms with van der Waals surface area (Å²) in [6.07, 6.45) is 6.01. The Morgan fingerprint density at radius 1 is 1.19 bits per heavy atom. The summed E-state index contributed by atoms with van der Waals surface area (Å²) in [7, 11) is 4.06. The minimum Gasteiger partial charge on any atom is -0.436 e. The van der Waals surface area contributed by atoms with Gasteiger partial charge < -0.3 is 20.3 Å². The third-order valence-electron chi connectivity index (χ3n) is 5.93. The molecule has 0 aliphatic heterocycles. The van der Waals surface area contributed by atoms with Gasteiger partial charge in [0, 0.05) is 42.5 Å². The highest BCUT2D eigenvalue weighted by atomic mass is 16.5. The molecule has 1 atom stereocenters. The van der Waals surface area contributed by atoms with E-state index in [1.165, 1.54) is 0 Å². The monoisotopic (exact) mass is 487 g/mol. The molecule has 1 aromatic carbocycles. The highest BCUT2D eigenvalue weighted by Crippen LogP contribution is 2.29. The normalized spacial score (nSPS) is 12.1. The van der Waals surface area contributed by atoms with Crippen LogP contribution >= 0.6 is 0 Å². The van der Waals surface area contributed by atoms with Gasteiger partial charge in [0.05, 0.1) is 23.8 Å². The number of hydrogen-bond donors (Lipinski definition) is 2. The zero-order chi connectivity index (χ0) is 25.7. The average Bonchev–Trinajstić information content (AvgIpc) is 3.28. The molecule has 0 saturated heterocycles. The number of nitrogens with one attached hydrogen (secondary N) is 2. The molecule has 9 heteroatoms. The van der Waals surface area contributed by atoms with Crippen LogP contribution in [0.3, 0.4) is 0 Å². The van der Waals surface area contributed by atoms with E-state index >= 15 is 0 Å². The smallest absolute Gasteiger partial charge is 0.251 e. The van der Waals surface area contributed by atoms with Gasteiger partial charge in [0.1, 0.15) is 5.75 Å². The maximum atomic E-state index is 12.7. The van der Waals surface area contributed by atoms with Crippen LogP contribution in [-0.4, -0.2) is 63.6 Å². The maximum absolute atomic E-state index is 12.7. The topological polar surface area (TPSA) is 96.7 Å².